The molecule has 0 unspecified atom stereocenters. The Labute approximate surface area is 119 Å². The maximum Gasteiger partial charge on any atom is 0.244 e. The summed E-state index contributed by atoms with van der Waals surface area (Å²) in [5, 5.41) is 2.83. The number of nitrogens with zero attached hydrogens (tertiary/aromatic N) is 1. The summed E-state index contributed by atoms with van der Waals surface area (Å²) in [6.45, 7) is 2.70. The first-order valence-electron chi connectivity index (χ1n) is 7.00. The van der Waals surface area contributed by atoms with Gasteiger partial charge in [-0.05, 0) is 37.5 Å². The van der Waals surface area contributed by atoms with Crippen molar-refractivity contribution in [3.05, 3.63) is 23.8 Å². The van der Waals surface area contributed by atoms with E-state index in [-0.39, 0.29) is 18.4 Å². The number of anilines is 2. The van der Waals surface area contributed by atoms with Crippen LogP contribution in [0.15, 0.2) is 18.2 Å². The van der Waals surface area contributed by atoms with Gasteiger partial charge in [-0.3, -0.25) is 9.59 Å². The molecule has 0 bridgehead atoms. The number of carbonyl (C=O) groups is 2. The van der Waals surface area contributed by atoms with E-state index in [4.69, 9.17) is 5.73 Å². The highest BCUT2D eigenvalue weighted by Gasteiger charge is 2.19. The van der Waals surface area contributed by atoms with E-state index in [1.807, 2.05) is 13.0 Å². The van der Waals surface area contributed by atoms with E-state index in [9.17, 15) is 9.59 Å². The lowest BCUT2D eigenvalue weighted by Crippen LogP contribution is -2.37. The van der Waals surface area contributed by atoms with E-state index in [1.54, 1.807) is 17.0 Å². The van der Waals surface area contributed by atoms with Crippen LogP contribution in [0, 0.1) is 6.92 Å². The molecule has 0 saturated carbocycles. The normalized spacial score (nSPS) is 15.8. The summed E-state index contributed by atoms with van der Waals surface area (Å²) in [5.74, 6) is -0.101. The molecule has 0 radical (unpaired) electrons. The van der Waals surface area contributed by atoms with E-state index in [1.165, 1.54) is 0 Å². The van der Waals surface area contributed by atoms with Crippen LogP contribution in [0.4, 0.5) is 11.4 Å². The van der Waals surface area contributed by atoms with Crippen LogP contribution in [-0.2, 0) is 9.59 Å². The Morgan fingerprint density at radius 1 is 1.35 bits per heavy atom. The van der Waals surface area contributed by atoms with Crippen LogP contribution in [0.2, 0.25) is 0 Å². The van der Waals surface area contributed by atoms with Gasteiger partial charge in [0, 0.05) is 24.3 Å². The van der Waals surface area contributed by atoms with Crippen molar-refractivity contribution >= 4 is 23.2 Å². The number of rotatable bonds is 3. The molecule has 1 aromatic carbocycles. The van der Waals surface area contributed by atoms with Crippen LogP contribution in [0.1, 0.15) is 31.2 Å². The van der Waals surface area contributed by atoms with Crippen LogP contribution in [0.5, 0.6) is 0 Å². The fourth-order valence-electron chi connectivity index (χ4n) is 2.34. The summed E-state index contributed by atoms with van der Waals surface area (Å²) in [6, 6.07) is 5.39. The molecule has 5 nitrogen and oxygen atoms in total. The molecule has 1 heterocycles. The number of hydrogen-bond acceptors (Lipinski definition) is 3. The molecule has 2 rings (SSSR count). The Morgan fingerprint density at radius 2 is 2.15 bits per heavy atom. The van der Waals surface area contributed by atoms with Crippen molar-refractivity contribution in [1.82, 2.24) is 4.90 Å². The van der Waals surface area contributed by atoms with Gasteiger partial charge in [-0.2, -0.15) is 0 Å². The maximum absolute atomic E-state index is 12.1. The molecule has 0 spiro atoms. The fraction of sp³-hybridized carbons (Fsp3) is 0.467. The van der Waals surface area contributed by atoms with E-state index < -0.39 is 0 Å². The molecular weight excluding hydrogens is 254 g/mol. The van der Waals surface area contributed by atoms with Crippen LogP contribution in [0.3, 0.4) is 0 Å². The molecule has 1 aromatic rings. The highest BCUT2D eigenvalue weighted by Crippen LogP contribution is 2.18. The van der Waals surface area contributed by atoms with Crippen LogP contribution in [-0.4, -0.2) is 29.8 Å². The number of benzene rings is 1. The number of likely N-dealkylation sites (tertiary alicyclic amines) is 1. The summed E-state index contributed by atoms with van der Waals surface area (Å²) in [7, 11) is 0. The molecule has 1 aliphatic heterocycles. The predicted octanol–water partition coefficient (Wildman–Crippen LogP) is 1.92. The monoisotopic (exact) mass is 275 g/mol. The van der Waals surface area contributed by atoms with Crippen molar-refractivity contribution in [2.45, 2.75) is 32.6 Å². The SMILES string of the molecule is Cc1ccc(N)cc1NC(=O)CN1CCCCCC1=O. The van der Waals surface area contributed by atoms with Gasteiger partial charge in [-0.25, -0.2) is 0 Å². The first-order valence-corrected chi connectivity index (χ1v) is 7.00. The van der Waals surface area contributed by atoms with Crippen LogP contribution in [0.25, 0.3) is 0 Å². The van der Waals surface area contributed by atoms with Crippen molar-refractivity contribution in [3.63, 3.8) is 0 Å². The molecule has 5 heteroatoms. The Morgan fingerprint density at radius 3 is 2.95 bits per heavy atom. The lowest BCUT2D eigenvalue weighted by atomic mass is 10.2. The molecular formula is C15H21N3O2. The van der Waals surface area contributed by atoms with Gasteiger partial charge in [0.1, 0.15) is 0 Å². The predicted molar refractivity (Wildman–Crippen MR) is 79.3 cm³/mol. The molecule has 0 aromatic heterocycles. The van der Waals surface area contributed by atoms with Crippen molar-refractivity contribution in [2.24, 2.45) is 0 Å². The first kappa shape index (κ1) is 14.4. The number of nitrogen functional groups attached to an aromatic ring is 1. The van der Waals surface area contributed by atoms with Crippen molar-refractivity contribution < 1.29 is 9.59 Å². The summed E-state index contributed by atoms with van der Waals surface area (Å²) < 4.78 is 0. The fourth-order valence-corrected chi connectivity index (χ4v) is 2.34. The third kappa shape index (κ3) is 3.73. The highest BCUT2D eigenvalue weighted by molar-refractivity contribution is 5.95. The van der Waals surface area contributed by atoms with E-state index in [0.717, 1.165) is 24.8 Å². The largest absolute Gasteiger partial charge is 0.399 e. The van der Waals surface area contributed by atoms with Gasteiger partial charge in [0.25, 0.3) is 0 Å². The van der Waals surface area contributed by atoms with Gasteiger partial charge in [0.05, 0.1) is 6.54 Å². The molecule has 1 fully saturated rings. The maximum atomic E-state index is 12.1. The van der Waals surface area contributed by atoms with Gasteiger partial charge in [0.15, 0.2) is 0 Å². The quantitative estimate of drug-likeness (QED) is 0.827. The van der Waals surface area contributed by atoms with Gasteiger partial charge in [-0.1, -0.05) is 12.5 Å². The Kier molecular flexibility index (Phi) is 4.61. The van der Waals surface area contributed by atoms with Crippen LogP contribution >= 0.6 is 0 Å². The first-order chi connectivity index (χ1) is 9.56. The average molecular weight is 275 g/mol. The zero-order valence-electron chi connectivity index (χ0n) is 11.8. The molecule has 3 N–H and O–H groups in total. The lowest BCUT2D eigenvalue weighted by molar-refractivity contribution is -0.134. The zero-order chi connectivity index (χ0) is 14.5. The third-order valence-corrected chi connectivity index (χ3v) is 3.54. The highest BCUT2D eigenvalue weighted by atomic mass is 16.2. The summed E-state index contributed by atoms with van der Waals surface area (Å²) in [4.78, 5) is 25.5. The van der Waals surface area contributed by atoms with E-state index in [0.29, 0.717) is 24.3 Å². The molecule has 1 saturated heterocycles. The topological polar surface area (TPSA) is 75.4 Å². The number of nitrogens with one attached hydrogen (secondary N) is 1. The molecule has 108 valence electrons. The minimum atomic E-state index is -0.172. The zero-order valence-corrected chi connectivity index (χ0v) is 11.8. The minimum absolute atomic E-state index is 0.0712. The van der Waals surface area contributed by atoms with Gasteiger partial charge in [0.2, 0.25) is 11.8 Å². The Hall–Kier alpha value is -2.04. The summed E-state index contributed by atoms with van der Waals surface area (Å²) in [5.41, 5.74) is 7.98. The Bertz CT molecular complexity index is 514. The second-order valence-electron chi connectivity index (χ2n) is 5.25. The van der Waals surface area contributed by atoms with Crippen molar-refractivity contribution in [1.29, 1.82) is 0 Å². The standard InChI is InChI=1S/C15H21N3O2/c1-11-6-7-12(16)9-13(11)17-14(19)10-18-8-4-2-3-5-15(18)20/h6-7,9H,2-5,8,10,16H2,1H3,(H,17,19). The number of carbonyl (C=O) groups excluding carboxylic acids is 2. The Balaban J connectivity index is 1.97. The van der Waals surface area contributed by atoms with Crippen LogP contribution < -0.4 is 11.1 Å². The van der Waals surface area contributed by atoms with E-state index in [2.05, 4.69) is 5.32 Å². The average Bonchev–Trinajstić information content (AvgIpc) is 2.59. The van der Waals surface area contributed by atoms with Gasteiger partial charge >= 0.3 is 0 Å². The smallest absolute Gasteiger partial charge is 0.244 e. The van der Waals surface area contributed by atoms with Gasteiger partial charge in [-0.15, -0.1) is 0 Å². The molecule has 0 aliphatic carbocycles. The lowest BCUT2D eigenvalue weighted by Gasteiger charge is -2.20. The minimum Gasteiger partial charge on any atom is -0.399 e. The summed E-state index contributed by atoms with van der Waals surface area (Å²) in [6.07, 6.45) is 3.49. The number of aryl methyl sites for hydroxylation is 1. The molecule has 0 atom stereocenters. The second-order valence-corrected chi connectivity index (χ2v) is 5.25. The van der Waals surface area contributed by atoms with E-state index >= 15 is 0 Å². The van der Waals surface area contributed by atoms with Gasteiger partial charge < -0.3 is 16.0 Å². The molecule has 20 heavy (non-hydrogen) atoms. The molecule has 1 aliphatic rings. The number of amides is 2. The number of nitrogens with two attached hydrogens (primary N) is 1. The summed E-state index contributed by atoms with van der Waals surface area (Å²) >= 11 is 0. The number of hydrogen-bond donors (Lipinski definition) is 2. The van der Waals surface area contributed by atoms with Crippen molar-refractivity contribution in [2.75, 3.05) is 24.1 Å². The second kappa shape index (κ2) is 6.41. The van der Waals surface area contributed by atoms with Crippen molar-refractivity contribution in [3.8, 4) is 0 Å². The third-order valence-electron chi connectivity index (χ3n) is 3.54. The molecule has 2 amide bonds.